The highest BCUT2D eigenvalue weighted by molar-refractivity contribution is 5.94. The van der Waals surface area contributed by atoms with E-state index < -0.39 is 0 Å². The van der Waals surface area contributed by atoms with Gasteiger partial charge in [0.1, 0.15) is 5.75 Å². The summed E-state index contributed by atoms with van der Waals surface area (Å²) in [6, 6.07) is 5.77. The van der Waals surface area contributed by atoms with Gasteiger partial charge in [0.15, 0.2) is 0 Å². The zero-order valence-corrected chi connectivity index (χ0v) is 12.2. The first-order chi connectivity index (χ1) is 8.70. The van der Waals surface area contributed by atoms with Crippen molar-refractivity contribution in [1.29, 1.82) is 0 Å². The Morgan fingerprint density at radius 1 is 1.47 bits per heavy atom. The van der Waals surface area contributed by atoms with Gasteiger partial charge in [-0.1, -0.05) is 6.07 Å². The number of methoxy groups -OCH3 is 1. The van der Waals surface area contributed by atoms with Crippen LogP contribution in [-0.2, 0) is 0 Å². The minimum Gasteiger partial charge on any atom is -0.496 e. The molecule has 0 spiro atoms. The van der Waals surface area contributed by atoms with Crippen molar-refractivity contribution >= 4 is 18.3 Å². The number of amides is 1. The first-order valence-electron chi connectivity index (χ1n) is 6.37. The molecule has 0 saturated carbocycles. The van der Waals surface area contributed by atoms with Gasteiger partial charge in [-0.15, -0.1) is 12.4 Å². The molecule has 1 aromatic carbocycles. The standard InChI is InChI=1S/C14H20N2O2.ClH/c1-10-5-6-11(8-13(10)18-2)14(17)16-12-4-3-7-15-9-12;/h5-6,8,12,15H,3-4,7,9H2,1-2H3,(H,16,17);1H/t12-;/m1./s1. The summed E-state index contributed by atoms with van der Waals surface area (Å²) >= 11 is 0. The van der Waals surface area contributed by atoms with Crippen LogP contribution in [-0.4, -0.2) is 32.1 Å². The Balaban J connectivity index is 0.00000180. The Kier molecular flexibility index (Phi) is 6.12. The fourth-order valence-electron chi connectivity index (χ4n) is 2.20. The molecule has 0 unspecified atom stereocenters. The number of rotatable bonds is 3. The highest BCUT2D eigenvalue weighted by Gasteiger charge is 2.16. The van der Waals surface area contributed by atoms with E-state index in [1.54, 1.807) is 13.2 Å². The molecule has 1 fully saturated rings. The molecular formula is C14H21ClN2O2. The topological polar surface area (TPSA) is 50.4 Å². The van der Waals surface area contributed by atoms with E-state index in [2.05, 4.69) is 10.6 Å². The minimum absolute atomic E-state index is 0. The molecule has 2 N–H and O–H groups in total. The highest BCUT2D eigenvalue weighted by atomic mass is 35.5. The maximum atomic E-state index is 12.1. The van der Waals surface area contributed by atoms with Crippen molar-refractivity contribution in [2.24, 2.45) is 0 Å². The maximum absolute atomic E-state index is 12.1. The zero-order valence-electron chi connectivity index (χ0n) is 11.4. The summed E-state index contributed by atoms with van der Waals surface area (Å²) in [7, 11) is 1.62. The van der Waals surface area contributed by atoms with E-state index >= 15 is 0 Å². The van der Waals surface area contributed by atoms with E-state index in [0.29, 0.717) is 5.56 Å². The summed E-state index contributed by atoms with van der Waals surface area (Å²) in [4.78, 5) is 12.1. The number of carbonyl (C=O) groups is 1. The summed E-state index contributed by atoms with van der Waals surface area (Å²) in [5.74, 6) is 0.728. The number of benzene rings is 1. The average Bonchev–Trinajstić information content (AvgIpc) is 2.40. The van der Waals surface area contributed by atoms with Crippen LogP contribution in [0.2, 0.25) is 0 Å². The van der Waals surface area contributed by atoms with Crippen molar-refractivity contribution < 1.29 is 9.53 Å². The van der Waals surface area contributed by atoms with E-state index in [1.807, 2.05) is 19.1 Å². The first kappa shape index (κ1) is 15.8. The molecular weight excluding hydrogens is 264 g/mol. The van der Waals surface area contributed by atoms with Crippen LogP contribution in [0, 0.1) is 6.92 Å². The van der Waals surface area contributed by atoms with E-state index in [4.69, 9.17) is 4.74 Å². The molecule has 0 aromatic heterocycles. The smallest absolute Gasteiger partial charge is 0.251 e. The van der Waals surface area contributed by atoms with Gasteiger partial charge in [-0.05, 0) is 44.0 Å². The van der Waals surface area contributed by atoms with Gasteiger partial charge >= 0.3 is 0 Å². The van der Waals surface area contributed by atoms with Crippen LogP contribution in [0.4, 0.5) is 0 Å². The van der Waals surface area contributed by atoms with Crippen molar-refractivity contribution in [1.82, 2.24) is 10.6 Å². The Morgan fingerprint density at radius 3 is 2.89 bits per heavy atom. The van der Waals surface area contributed by atoms with Crippen LogP contribution in [0.3, 0.4) is 0 Å². The number of halogens is 1. The van der Waals surface area contributed by atoms with Crippen LogP contribution in [0.5, 0.6) is 5.75 Å². The lowest BCUT2D eigenvalue weighted by molar-refractivity contribution is 0.0930. The molecule has 2 rings (SSSR count). The molecule has 5 heteroatoms. The lowest BCUT2D eigenvalue weighted by atomic mass is 10.1. The minimum atomic E-state index is -0.0259. The molecule has 106 valence electrons. The lowest BCUT2D eigenvalue weighted by Gasteiger charge is -2.23. The average molecular weight is 285 g/mol. The maximum Gasteiger partial charge on any atom is 0.251 e. The van der Waals surface area contributed by atoms with Gasteiger partial charge in [-0.3, -0.25) is 4.79 Å². The zero-order chi connectivity index (χ0) is 13.0. The monoisotopic (exact) mass is 284 g/mol. The van der Waals surface area contributed by atoms with Gasteiger partial charge in [-0.25, -0.2) is 0 Å². The molecule has 4 nitrogen and oxygen atoms in total. The van der Waals surface area contributed by atoms with Crippen molar-refractivity contribution in [3.8, 4) is 5.75 Å². The lowest BCUT2D eigenvalue weighted by Crippen LogP contribution is -2.45. The summed E-state index contributed by atoms with van der Waals surface area (Å²) in [5.41, 5.74) is 1.69. The predicted octanol–water partition coefficient (Wildman–Crippen LogP) is 1.91. The number of piperidine rings is 1. The van der Waals surface area contributed by atoms with E-state index in [9.17, 15) is 4.79 Å². The van der Waals surface area contributed by atoms with Crippen LogP contribution < -0.4 is 15.4 Å². The second kappa shape index (κ2) is 7.36. The third kappa shape index (κ3) is 4.11. The Labute approximate surface area is 120 Å². The van der Waals surface area contributed by atoms with Crippen molar-refractivity contribution in [3.63, 3.8) is 0 Å². The van der Waals surface area contributed by atoms with Gasteiger partial charge in [0.2, 0.25) is 0 Å². The van der Waals surface area contributed by atoms with Crippen LogP contribution in [0.25, 0.3) is 0 Å². The number of aryl methyl sites for hydroxylation is 1. The quantitative estimate of drug-likeness (QED) is 0.891. The molecule has 0 aliphatic carbocycles. The molecule has 1 aromatic rings. The largest absolute Gasteiger partial charge is 0.496 e. The Morgan fingerprint density at radius 2 is 2.26 bits per heavy atom. The predicted molar refractivity (Wildman–Crippen MR) is 78.3 cm³/mol. The number of hydrogen-bond acceptors (Lipinski definition) is 3. The normalized spacial score (nSPS) is 18.3. The summed E-state index contributed by atoms with van der Waals surface area (Å²) < 4.78 is 5.23. The van der Waals surface area contributed by atoms with Crippen molar-refractivity contribution in [2.45, 2.75) is 25.8 Å². The number of carbonyl (C=O) groups excluding carboxylic acids is 1. The SMILES string of the molecule is COc1cc(C(=O)N[C@@H]2CCCNC2)ccc1C.Cl. The Bertz CT molecular complexity index is 431. The molecule has 0 radical (unpaired) electrons. The summed E-state index contributed by atoms with van der Waals surface area (Å²) in [6.45, 7) is 3.87. The number of hydrogen-bond donors (Lipinski definition) is 2. The third-order valence-corrected chi connectivity index (χ3v) is 3.30. The molecule has 1 aliphatic heterocycles. The van der Waals surface area contributed by atoms with Crippen molar-refractivity contribution in [2.75, 3.05) is 20.2 Å². The summed E-state index contributed by atoms with van der Waals surface area (Å²) in [6.07, 6.45) is 2.16. The molecule has 1 heterocycles. The number of ether oxygens (including phenoxy) is 1. The van der Waals surface area contributed by atoms with Gasteiger partial charge in [-0.2, -0.15) is 0 Å². The molecule has 1 atom stereocenters. The fraction of sp³-hybridized carbons (Fsp3) is 0.500. The molecule has 1 aliphatic rings. The number of nitrogens with one attached hydrogen (secondary N) is 2. The summed E-state index contributed by atoms with van der Waals surface area (Å²) in [5, 5.41) is 6.33. The molecule has 1 saturated heterocycles. The van der Waals surface area contributed by atoms with E-state index in [0.717, 1.165) is 37.2 Å². The van der Waals surface area contributed by atoms with Gasteiger partial charge in [0.05, 0.1) is 7.11 Å². The van der Waals surface area contributed by atoms with E-state index in [1.165, 1.54) is 0 Å². The molecule has 0 bridgehead atoms. The fourth-order valence-corrected chi connectivity index (χ4v) is 2.20. The van der Waals surface area contributed by atoms with Crippen LogP contribution in [0.1, 0.15) is 28.8 Å². The van der Waals surface area contributed by atoms with E-state index in [-0.39, 0.29) is 24.4 Å². The van der Waals surface area contributed by atoms with Crippen molar-refractivity contribution in [3.05, 3.63) is 29.3 Å². The molecule has 19 heavy (non-hydrogen) atoms. The second-order valence-corrected chi connectivity index (χ2v) is 4.70. The molecule has 1 amide bonds. The first-order valence-corrected chi connectivity index (χ1v) is 6.37. The Hall–Kier alpha value is -1.26. The van der Waals surface area contributed by atoms with Gasteiger partial charge in [0, 0.05) is 18.2 Å². The van der Waals surface area contributed by atoms with Crippen LogP contribution in [0.15, 0.2) is 18.2 Å². The second-order valence-electron chi connectivity index (χ2n) is 4.70. The third-order valence-electron chi connectivity index (χ3n) is 3.30. The highest BCUT2D eigenvalue weighted by Crippen LogP contribution is 2.19. The van der Waals surface area contributed by atoms with Crippen LogP contribution >= 0.6 is 12.4 Å². The van der Waals surface area contributed by atoms with Gasteiger partial charge in [0.25, 0.3) is 5.91 Å². The van der Waals surface area contributed by atoms with Gasteiger partial charge < -0.3 is 15.4 Å².